The van der Waals surface area contributed by atoms with Crippen molar-refractivity contribution >= 4 is 62.1 Å². The van der Waals surface area contributed by atoms with E-state index in [1.54, 1.807) is 6.92 Å². The van der Waals surface area contributed by atoms with E-state index in [1.807, 2.05) is 6.07 Å². The highest BCUT2D eigenvalue weighted by atomic mass is 32.1. The Hall–Kier alpha value is -3.74. The zero-order chi connectivity index (χ0) is 25.9. The van der Waals surface area contributed by atoms with Gasteiger partial charge in [0.25, 0.3) is 0 Å². The van der Waals surface area contributed by atoms with Gasteiger partial charge >= 0.3 is 5.97 Å². The third-order valence-corrected chi connectivity index (χ3v) is 8.64. The van der Waals surface area contributed by atoms with Crippen LogP contribution in [0.15, 0.2) is 78.9 Å². The van der Waals surface area contributed by atoms with Crippen molar-refractivity contribution < 1.29 is 14.3 Å². The lowest BCUT2D eigenvalue weighted by Gasteiger charge is -2.26. The first-order valence-electron chi connectivity index (χ1n) is 12.2. The van der Waals surface area contributed by atoms with Crippen LogP contribution in [0.3, 0.4) is 0 Å². The minimum Gasteiger partial charge on any atom is -0.466 e. The van der Waals surface area contributed by atoms with Gasteiger partial charge in [-0.3, -0.25) is 9.59 Å². The number of nitrogens with zero attached hydrogens (tertiary/aromatic N) is 1. The summed E-state index contributed by atoms with van der Waals surface area (Å²) in [6, 6.07) is 27.5. The van der Waals surface area contributed by atoms with Crippen LogP contribution in [0.25, 0.3) is 20.5 Å². The number of hydrogen-bond acceptors (Lipinski definition) is 6. The van der Waals surface area contributed by atoms with Gasteiger partial charge in [-0.1, -0.05) is 47.5 Å². The van der Waals surface area contributed by atoms with E-state index in [1.165, 1.54) is 33.8 Å². The summed E-state index contributed by atoms with van der Waals surface area (Å²) < 4.78 is 6.04. The number of fused-ring (bicyclic) bond motifs is 1. The molecule has 0 spiro atoms. The Labute approximate surface area is 224 Å². The Morgan fingerprint density at radius 1 is 0.838 bits per heavy atom. The van der Waals surface area contributed by atoms with Crippen molar-refractivity contribution in [3.8, 4) is 10.4 Å². The fourth-order valence-electron chi connectivity index (χ4n) is 4.34. The molecule has 3 aromatic carbocycles. The van der Waals surface area contributed by atoms with Crippen LogP contribution in [0, 0.1) is 13.8 Å². The third-order valence-electron chi connectivity index (χ3n) is 6.17. The van der Waals surface area contributed by atoms with Crippen LogP contribution >= 0.6 is 22.7 Å². The van der Waals surface area contributed by atoms with Crippen molar-refractivity contribution in [3.63, 3.8) is 0 Å². The van der Waals surface area contributed by atoms with Crippen LogP contribution in [0.5, 0.6) is 0 Å². The first-order chi connectivity index (χ1) is 18.0. The maximum absolute atomic E-state index is 12.0. The van der Waals surface area contributed by atoms with Gasteiger partial charge in [-0.2, -0.15) is 0 Å². The molecule has 4 nitrogen and oxygen atoms in total. The van der Waals surface area contributed by atoms with Gasteiger partial charge in [0.1, 0.15) is 0 Å². The van der Waals surface area contributed by atoms with Crippen LogP contribution in [0.4, 0.5) is 17.1 Å². The first-order valence-corrected chi connectivity index (χ1v) is 13.8. The van der Waals surface area contributed by atoms with Gasteiger partial charge in [-0.15, -0.1) is 22.7 Å². The second-order valence-corrected chi connectivity index (χ2v) is 11.1. The highest BCUT2D eigenvalue weighted by molar-refractivity contribution is 7.27. The minimum atomic E-state index is -0.249. The number of ether oxygens (including phenoxy) is 1. The number of benzene rings is 3. The molecule has 6 heteroatoms. The molecule has 2 aromatic heterocycles. The molecule has 0 fully saturated rings. The van der Waals surface area contributed by atoms with Crippen LogP contribution in [0.1, 0.15) is 32.6 Å². The molecular formula is C31H27NO3S2. The summed E-state index contributed by atoms with van der Waals surface area (Å²) in [6.07, 6.45) is 1.13. The van der Waals surface area contributed by atoms with Crippen molar-refractivity contribution in [1.29, 1.82) is 0 Å². The second kappa shape index (κ2) is 10.7. The Kier molecular flexibility index (Phi) is 7.22. The zero-order valence-electron chi connectivity index (χ0n) is 21.0. The van der Waals surface area contributed by atoms with E-state index in [9.17, 15) is 9.59 Å². The summed E-state index contributed by atoms with van der Waals surface area (Å²) in [6.45, 7) is 6.34. The van der Waals surface area contributed by atoms with E-state index in [4.69, 9.17) is 4.74 Å². The zero-order valence-corrected chi connectivity index (χ0v) is 22.6. The quantitative estimate of drug-likeness (QED) is 0.150. The van der Waals surface area contributed by atoms with Crippen molar-refractivity contribution in [2.75, 3.05) is 11.5 Å². The summed E-state index contributed by atoms with van der Waals surface area (Å²) in [4.78, 5) is 28.7. The molecular weight excluding hydrogens is 498 g/mol. The van der Waals surface area contributed by atoms with Crippen LogP contribution in [-0.2, 0) is 16.0 Å². The molecule has 0 bridgehead atoms. The first kappa shape index (κ1) is 24.9. The van der Waals surface area contributed by atoms with E-state index in [-0.39, 0.29) is 12.4 Å². The van der Waals surface area contributed by atoms with Gasteiger partial charge in [0, 0.05) is 32.2 Å². The van der Waals surface area contributed by atoms with E-state index < -0.39 is 0 Å². The largest absolute Gasteiger partial charge is 0.466 e. The summed E-state index contributed by atoms with van der Waals surface area (Å²) in [5, 5.41) is 1.01. The third kappa shape index (κ3) is 5.22. The van der Waals surface area contributed by atoms with Gasteiger partial charge in [-0.05, 0) is 68.8 Å². The number of rotatable bonds is 8. The number of thiophene rings is 2. The molecule has 0 aliphatic heterocycles. The average Bonchev–Trinajstić information content (AvgIpc) is 3.45. The standard InChI is InChI=1S/C31H27NO3S2/c1-4-35-29(34)18-26-17-27-30(37-28(19-33)31(27)36-26)22-9-15-25(16-10-22)32(23-11-5-20(2)6-12-23)24-13-7-21(3)8-14-24/h5-17,19H,4,18H2,1-3H3. The van der Waals surface area contributed by atoms with Crippen molar-refractivity contribution in [2.45, 2.75) is 27.2 Å². The van der Waals surface area contributed by atoms with E-state index >= 15 is 0 Å². The summed E-state index contributed by atoms with van der Waals surface area (Å²) in [5.41, 5.74) is 6.70. The van der Waals surface area contributed by atoms with Crippen molar-refractivity contribution in [2.24, 2.45) is 0 Å². The van der Waals surface area contributed by atoms with E-state index in [0.29, 0.717) is 11.5 Å². The Balaban J connectivity index is 1.53. The maximum Gasteiger partial charge on any atom is 0.311 e. The molecule has 0 unspecified atom stereocenters. The minimum absolute atomic E-state index is 0.219. The maximum atomic E-state index is 12.0. The molecule has 0 aliphatic rings. The molecule has 0 amide bonds. The predicted molar refractivity (Wildman–Crippen MR) is 155 cm³/mol. The van der Waals surface area contributed by atoms with Gasteiger partial charge in [0.05, 0.1) is 22.6 Å². The molecule has 0 saturated heterocycles. The summed E-state index contributed by atoms with van der Waals surface area (Å²) in [5.74, 6) is -0.249. The molecule has 0 aliphatic carbocycles. The lowest BCUT2D eigenvalue weighted by atomic mass is 10.1. The number of anilines is 3. The number of hydrogen-bond donors (Lipinski definition) is 0. The second-order valence-electron chi connectivity index (χ2n) is 8.90. The Bertz CT molecular complexity index is 1500. The molecule has 5 aromatic rings. The highest BCUT2D eigenvalue weighted by Gasteiger charge is 2.19. The van der Waals surface area contributed by atoms with Gasteiger partial charge in [0.2, 0.25) is 0 Å². The molecule has 0 radical (unpaired) electrons. The molecule has 0 atom stereocenters. The molecule has 0 saturated carbocycles. The smallest absolute Gasteiger partial charge is 0.311 e. The van der Waals surface area contributed by atoms with Crippen molar-refractivity contribution in [3.05, 3.63) is 99.7 Å². The van der Waals surface area contributed by atoms with Crippen LogP contribution < -0.4 is 4.90 Å². The van der Waals surface area contributed by atoms with E-state index in [2.05, 4.69) is 91.5 Å². The number of carbonyl (C=O) groups excluding carboxylic acids is 2. The van der Waals surface area contributed by atoms with E-state index in [0.717, 1.165) is 48.8 Å². The van der Waals surface area contributed by atoms with Gasteiger partial charge < -0.3 is 9.64 Å². The van der Waals surface area contributed by atoms with Crippen LogP contribution in [-0.4, -0.2) is 18.9 Å². The number of esters is 1. The summed E-state index contributed by atoms with van der Waals surface area (Å²) in [7, 11) is 0. The number of aldehydes is 1. The predicted octanol–water partition coefficient (Wildman–Crippen LogP) is 8.63. The van der Waals surface area contributed by atoms with Crippen LogP contribution in [0.2, 0.25) is 0 Å². The molecule has 2 heterocycles. The Morgan fingerprint density at radius 3 is 1.89 bits per heavy atom. The lowest BCUT2D eigenvalue weighted by molar-refractivity contribution is -0.142. The SMILES string of the molecule is CCOC(=O)Cc1cc2c(-c3ccc(N(c4ccc(C)cc4)c4ccc(C)cc4)cc3)sc(C=O)c2s1. The lowest BCUT2D eigenvalue weighted by Crippen LogP contribution is -2.09. The van der Waals surface area contributed by atoms with Crippen molar-refractivity contribution in [1.82, 2.24) is 0 Å². The fourth-order valence-corrected chi connectivity index (χ4v) is 6.69. The molecule has 0 N–H and O–H groups in total. The molecule has 37 heavy (non-hydrogen) atoms. The normalized spacial score (nSPS) is 11.0. The summed E-state index contributed by atoms with van der Waals surface area (Å²) >= 11 is 2.99. The Morgan fingerprint density at radius 2 is 1.38 bits per heavy atom. The highest BCUT2D eigenvalue weighted by Crippen LogP contribution is 2.44. The number of aryl methyl sites for hydroxylation is 2. The van der Waals surface area contributed by atoms with Gasteiger partial charge in [-0.25, -0.2) is 0 Å². The topological polar surface area (TPSA) is 46.6 Å². The fraction of sp³-hybridized carbons (Fsp3) is 0.161. The molecule has 5 rings (SSSR count). The number of carbonyl (C=O) groups is 2. The average molecular weight is 526 g/mol. The van der Waals surface area contributed by atoms with Gasteiger partial charge in [0.15, 0.2) is 6.29 Å². The molecule has 186 valence electrons. The monoisotopic (exact) mass is 525 g/mol.